The smallest absolute Gasteiger partial charge is 0.185 e. The molecule has 32 heavy (non-hydrogen) atoms. The summed E-state index contributed by atoms with van der Waals surface area (Å²) in [5, 5.41) is 15.2. The number of hydrogen-bond donors (Lipinski definition) is 4. The maximum atomic E-state index is 7.62. The molecule has 0 saturated carbocycles. The second-order valence-corrected chi connectivity index (χ2v) is 8.44. The molecule has 1 unspecified atom stereocenters. The summed E-state index contributed by atoms with van der Waals surface area (Å²) >= 11 is 8.41. The minimum Gasteiger partial charge on any atom is -0.468 e. The number of imidazole rings is 1. The van der Waals surface area contributed by atoms with E-state index in [0.717, 1.165) is 34.8 Å². The summed E-state index contributed by atoms with van der Waals surface area (Å²) in [5.41, 5.74) is 2.78. The molecule has 0 spiro atoms. The number of thiol groups is 2. The highest BCUT2D eigenvalue weighted by Crippen LogP contribution is 2.32. The first kappa shape index (κ1) is 26.3. The number of ether oxygens (including phenoxy) is 1. The summed E-state index contributed by atoms with van der Waals surface area (Å²) in [6.07, 6.45) is 4.37. The Morgan fingerprint density at radius 2 is 1.88 bits per heavy atom. The Hall–Kier alpha value is -1.94. The Morgan fingerprint density at radius 3 is 2.41 bits per heavy atom. The lowest BCUT2D eigenvalue weighted by Crippen LogP contribution is -2.26. The van der Waals surface area contributed by atoms with Crippen LogP contribution in [-0.2, 0) is 7.05 Å². The molecular weight excluding hydrogens is 444 g/mol. The number of rotatable bonds is 5. The monoisotopic (exact) mass is 478 g/mol. The Kier molecular flexibility index (Phi) is 10.6. The third kappa shape index (κ3) is 6.31. The minimum atomic E-state index is -0.484. The average Bonchev–Trinajstić information content (AvgIpc) is 3.39. The number of benzene rings is 1. The number of aliphatic hydroxyl groups excluding tert-OH is 2. The van der Waals surface area contributed by atoms with E-state index in [1.807, 2.05) is 49.9 Å². The van der Waals surface area contributed by atoms with Gasteiger partial charge in [-0.1, -0.05) is 19.9 Å². The summed E-state index contributed by atoms with van der Waals surface area (Å²) in [4.78, 5) is 11.8. The van der Waals surface area contributed by atoms with E-state index >= 15 is 0 Å². The topological polar surface area (TPSA) is 83.6 Å². The van der Waals surface area contributed by atoms with Crippen molar-refractivity contribution in [1.29, 1.82) is 0 Å². The van der Waals surface area contributed by atoms with Crippen LogP contribution in [0.4, 0.5) is 5.82 Å². The minimum absolute atomic E-state index is 0.125. The van der Waals surface area contributed by atoms with Crippen LogP contribution < -0.4 is 9.64 Å². The molecule has 2 aromatic heterocycles. The van der Waals surface area contributed by atoms with Crippen molar-refractivity contribution in [2.75, 3.05) is 24.7 Å². The van der Waals surface area contributed by atoms with E-state index in [4.69, 9.17) is 19.9 Å². The van der Waals surface area contributed by atoms with Crippen molar-refractivity contribution < 1.29 is 14.9 Å². The third-order valence-corrected chi connectivity index (χ3v) is 5.25. The quantitative estimate of drug-likeness (QED) is 0.326. The van der Waals surface area contributed by atoms with Gasteiger partial charge in [-0.3, -0.25) is 0 Å². The van der Waals surface area contributed by atoms with Gasteiger partial charge in [0.05, 0.1) is 18.7 Å². The van der Waals surface area contributed by atoms with Crippen LogP contribution in [0.15, 0.2) is 36.5 Å². The molecule has 0 amide bonds. The second kappa shape index (κ2) is 12.9. The van der Waals surface area contributed by atoms with Gasteiger partial charge in [-0.2, -0.15) is 0 Å². The highest BCUT2D eigenvalue weighted by Gasteiger charge is 2.22. The zero-order valence-corrected chi connectivity index (χ0v) is 20.9. The van der Waals surface area contributed by atoms with Gasteiger partial charge in [0.1, 0.15) is 22.9 Å². The second-order valence-electron chi connectivity index (χ2n) is 7.10. The SMILES string of the molecule is CC.CC1CCCN1c1ccc(-c2nc3cccc(OC(S)S)c3n2C)cn1.OCCO. The molecule has 0 aliphatic carbocycles. The van der Waals surface area contributed by atoms with Crippen LogP contribution in [0.5, 0.6) is 5.75 Å². The molecule has 0 radical (unpaired) electrons. The molecule has 0 bridgehead atoms. The number of aryl methyl sites for hydroxylation is 1. The summed E-state index contributed by atoms with van der Waals surface area (Å²) < 4.78 is 7.25. The normalized spacial score (nSPS) is 15.3. The number of aromatic nitrogens is 3. The van der Waals surface area contributed by atoms with Gasteiger partial charge in [-0.25, -0.2) is 9.97 Å². The van der Waals surface area contributed by atoms with Gasteiger partial charge in [-0.15, -0.1) is 25.3 Å². The molecule has 1 fully saturated rings. The van der Waals surface area contributed by atoms with Crippen LogP contribution in [-0.4, -0.2) is 55.3 Å². The van der Waals surface area contributed by atoms with Gasteiger partial charge in [0.2, 0.25) is 0 Å². The van der Waals surface area contributed by atoms with Crippen molar-refractivity contribution in [3.63, 3.8) is 0 Å². The van der Waals surface area contributed by atoms with Crippen LogP contribution in [0.2, 0.25) is 0 Å². The number of pyridine rings is 1. The van der Waals surface area contributed by atoms with Crippen molar-refractivity contribution in [1.82, 2.24) is 14.5 Å². The number of nitrogens with zero attached hydrogens (tertiary/aromatic N) is 4. The molecule has 1 aliphatic heterocycles. The largest absolute Gasteiger partial charge is 0.468 e. The lowest BCUT2D eigenvalue weighted by Gasteiger charge is -2.22. The number of aliphatic hydroxyl groups is 2. The van der Waals surface area contributed by atoms with E-state index in [2.05, 4.69) is 54.2 Å². The van der Waals surface area contributed by atoms with Crippen LogP contribution in [0.3, 0.4) is 0 Å². The number of fused-ring (bicyclic) bond motifs is 1. The van der Waals surface area contributed by atoms with Crippen molar-refractivity contribution >= 4 is 42.1 Å². The lowest BCUT2D eigenvalue weighted by molar-refractivity contribution is 0.186. The number of para-hydroxylation sites is 1. The molecule has 1 aliphatic rings. The van der Waals surface area contributed by atoms with E-state index in [1.165, 1.54) is 12.8 Å². The van der Waals surface area contributed by atoms with Crippen molar-refractivity contribution in [3.05, 3.63) is 36.5 Å². The number of hydrogen-bond acceptors (Lipinski definition) is 8. The van der Waals surface area contributed by atoms with Crippen LogP contribution in [0.1, 0.15) is 33.6 Å². The molecule has 3 heterocycles. The maximum Gasteiger partial charge on any atom is 0.185 e. The van der Waals surface area contributed by atoms with Crippen LogP contribution in [0.25, 0.3) is 22.4 Å². The summed E-state index contributed by atoms with van der Waals surface area (Å²) in [6, 6.07) is 10.5. The molecule has 2 N–H and O–H groups in total. The first-order chi connectivity index (χ1) is 15.5. The standard InChI is InChI=1S/C19H22N4OS2.C2H6O2.C2H6/c1-12-5-4-10-23(12)16-9-8-13(11-20-16)18-21-14-6-3-7-15(24-19(25)26)17(14)22(18)2;3-1-2-4;1-2/h3,6-9,11-12,19,25-26H,4-5,10H2,1-2H3;3-4H,1-2H2;1-2H3. The molecule has 9 heteroatoms. The Bertz CT molecular complexity index is 962. The Balaban J connectivity index is 0.000000547. The van der Waals surface area contributed by atoms with Gasteiger partial charge >= 0.3 is 0 Å². The summed E-state index contributed by atoms with van der Waals surface area (Å²) in [6.45, 7) is 7.08. The third-order valence-electron chi connectivity index (χ3n) is 5.04. The van der Waals surface area contributed by atoms with Crippen molar-refractivity contribution in [2.45, 2.75) is 44.4 Å². The van der Waals surface area contributed by atoms with Crippen molar-refractivity contribution in [2.24, 2.45) is 7.05 Å². The maximum absolute atomic E-state index is 7.62. The number of anilines is 1. The fourth-order valence-electron chi connectivity index (χ4n) is 3.66. The predicted molar refractivity (Wildman–Crippen MR) is 138 cm³/mol. The predicted octanol–water partition coefficient (Wildman–Crippen LogP) is 4.14. The molecule has 1 saturated heterocycles. The molecule has 3 aromatic rings. The van der Waals surface area contributed by atoms with Crippen molar-refractivity contribution in [3.8, 4) is 17.1 Å². The zero-order valence-electron chi connectivity index (χ0n) is 19.1. The van der Waals surface area contributed by atoms with E-state index in [9.17, 15) is 0 Å². The van der Waals surface area contributed by atoms with E-state index < -0.39 is 4.77 Å². The zero-order chi connectivity index (χ0) is 23.7. The fourth-order valence-corrected chi connectivity index (χ4v) is 3.89. The van der Waals surface area contributed by atoms with E-state index in [-0.39, 0.29) is 13.2 Å². The highest BCUT2D eigenvalue weighted by atomic mass is 32.2. The summed E-state index contributed by atoms with van der Waals surface area (Å²) in [5.74, 6) is 2.61. The molecule has 4 rings (SSSR count). The lowest BCUT2D eigenvalue weighted by atomic mass is 10.2. The van der Waals surface area contributed by atoms with E-state index in [0.29, 0.717) is 11.8 Å². The Labute approximate surface area is 201 Å². The van der Waals surface area contributed by atoms with Crippen LogP contribution >= 0.6 is 25.3 Å². The fraction of sp³-hybridized carbons (Fsp3) is 0.478. The first-order valence-corrected chi connectivity index (χ1v) is 11.9. The molecular formula is C23H34N4O3S2. The first-order valence-electron chi connectivity index (χ1n) is 10.9. The van der Waals surface area contributed by atoms with Gasteiger partial charge in [0, 0.05) is 31.4 Å². The van der Waals surface area contributed by atoms with Gasteiger partial charge in [0.25, 0.3) is 0 Å². The summed E-state index contributed by atoms with van der Waals surface area (Å²) in [7, 11) is 1.99. The van der Waals surface area contributed by atoms with Gasteiger partial charge < -0.3 is 24.4 Å². The van der Waals surface area contributed by atoms with Gasteiger partial charge in [0.15, 0.2) is 4.77 Å². The van der Waals surface area contributed by atoms with Crippen LogP contribution in [0, 0.1) is 0 Å². The van der Waals surface area contributed by atoms with E-state index in [1.54, 1.807) is 0 Å². The molecule has 176 valence electrons. The molecule has 1 atom stereocenters. The average molecular weight is 479 g/mol. The highest BCUT2D eigenvalue weighted by molar-refractivity contribution is 7.98. The molecule has 1 aromatic carbocycles. The van der Waals surface area contributed by atoms with Gasteiger partial charge in [-0.05, 0) is 44.0 Å². The Morgan fingerprint density at radius 1 is 1.16 bits per heavy atom. The molecule has 7 nitrogen and oxygen atoms in total.